The highest BCUT2D eigenvalue weighted by Gasteiger charge is 2.39. The Morgan fingerprint density at radius 1 is 1.07 bits per heavy atom. The van der Waals surface area contributed by atoms with Gasteiger partial charge in [0, 0.05) is 25.3 Å². The summed E-state index contributed by atoms with van der Waals surface area (Å²) in [4.78, 5) is 27.6. The van der Waals surface area contributed by atoms with Crippen LogP contribution in [0.2, 0.25) is 0 Å². The van der Waals surface area contributed by atoms with E-state index >= 15 is 0 Å². The molecule has 1 fully saturated rings. The third-order valence-corrected chi connectivity index (χ3v) is 5.87. The van der Waals surface area contributed by atoms with Gasteiger partial charge in [-0.1, -0.05) is 36.4 Å². The fraction of sp³-hybridized carbons (Fsp3) is 0.417. The Kier molecular flexibility index (Phi) is 6.26. The lowest BCUT2D eigenvalue weighted by Crippen LogP contribution is -2.52. The summed E-state index contributed by atoms with van der Waals surface area (Å²) in [5.74, 6) is 0.00462. The maximum atomic E-state index is 13.0. The number of carbonyl (C=O) groups is 2. The number of rotatable bonds is 4. The minimum atomic E-state index is -0.583. The van der Waals surface area contributed by atoms with Crippen molar-refractivity contribution in [3.63, 3.8) is 0 Å². The van der Waals surface area contributed by atoms with E-state index in [0.717, 1.165) is 40.8 Å². The molecule has 5 nitrogen and oxygen atoms in total. The van der Waals surface area contributed by atoms with Crippen molar-refractivity contribution >= 4 is 17.6 Å². The van der Waals surface area contributed by atoms with Crippen LogP contribution in [0.1, 0.15) is 42.0 Å². The summed E-state index contributed by atoms with van der Waals surface area (Å²) < 4.78 is 0. The smallest absolute Gasteiger partial charge is 0.321 e. The maximum Gasteiger partial charge on any atom is 0.321 e. The average molecular weight is 394 g/mol. The van der Waals surface area contributed by atoms with Gasteiger partial charge in [0.2, 0.25) is 5.91 Å². The Morgan fingerprint density at radius 3 is 2.59 bits per heavy atom. The van der Waals surface area contributed by atoms with Crippen molar-refractivity contribution < 1.29 is 9.59 Å². The van der Waals surface area contributed by atoms with Crippen molar-refractivity contribution in [2.45, 2.75) is 47.1 Å². The molecule has 1 heterocycles. The van der Waals surface area contributed by atoms with Crippen molar-refractivity contribution in [2.24, 2.45) is 5.41 Å². The van der Waals surface area contributed by atoms with E-state index in [0.29, 0.717) is 19.6 Å². The first-order chi connectivity index (χ1) is 13.8. The number of hydrogen-bond donors (Lipinski definition) is 2. The van der Waals surface area contributed by atoms with Gasteiger partial charge in [-0.3, -0.25) is 4.79 Å². The van der Waals surface area contributed by atoms with E-state index in [1.54, 1.807) is 4.90 Å². The van der Waals surface area contributed by atoms with E-state index in [1.807, 2.05) is 70.2 Å². The van der Waals surface area contributed by atoms with E-state index in [2.05, 4.69) is 10.6 Å². The predicted molar refractivity (Wildman–Crippen MR) is 117 cm³/mol. The van der Waals surface area contributed by atoms with Gasteiger partial charge < -0.3 is 15.5 Å². The van der Waals surface area contributed by atoms with E-state index in [4.69, 9.17) is 0 Å². The quantitative estimate of drug-likeness (QED) is 0.800. The monoisotopic (exact) mass is 393 g/mol. The molecule has 1 atom stereocenters. The van der Waals surface area contributed by atoms with Crippen LogP contribution in [0.4, 0.5) is 10.5 Å². The van der Waals surface area contributed by atoms with Crippen LogP contribution in [0.3, 0.4) is 0 Å². The van der Waals surface area contributed by atoms with Crippen LogP contribution < -0.4 is 10.6 Å². The number of piperidine rings is 1. The molecule has 0 unspecified atom stereocenters. The van der Waals surface area contributed by atoms with Crippen molar-refractivity contribution in [2.75, 3.05) is 18.4 Å². The zero-order valence-corrected chi connectivity index (χ0v) is 17.8. The highest BCUT2D eigenvalue weighted by molar-refractivity contribution is 5.91. The molecular weight excluding hydrogens is 362 g/mol. The second kappa shape index (κ2) is 8.68. The van der Waals surface area contributed by atoms with Gasteiger partial charge in [0.15, 0.2) is 0 Å². The SMILES string of the molecule is Cc1ccc(C)c(NC(=O)N2CCC[C@](C)(C(=O)NCc3ccccc3C)C2)c1. The lowest BCUT2D eigenvalue weighted by Gasteiger charge is -2.39. The molecule has 3 rings (SSSR count). The molecule has 5 heteroatoms. The van der Waals surface area contributed by atoms with E-state index in [9.17, 15) is 9.59 Å². The van der Waals surface area contributed by atoms with Gasteiger partial charge in [-0.25, -0.2) is 4.79 Å². The number of aryl methyl sites for hydroxylation is 3. The second-order valence-electron chi connectivity index (χ2n) is 8.44. The number of nitrogens with zero attached hydrogens (tertiary/aromatic N) is 1. The Hall–Kier alpha value is -2.82. The Morgan fingerprint density at radius 2 is 1.83 bits per heavy atom. The van der Waals surface area contributed by atoms with Crippen LogP contribution >= 0.6 is 0 Å². The third-order valence-electron chi connectivity index (χ3n) is 5.87. The van der Waals surface area contributed by atoms with E-state index < -0.39 is 5.41 Å². The van der Waals surface area contributed by atoms with Crippen LogP contribution in [0, 0.1) is 26.2 Å². The summed E-state index contributed by atoms with van der Waals surface area (Å²) in [5.41, 5.74) is 4.65. The van der Waals surface area contributed by atoms with Gasteiger partial charge in [0.05, 0.1) is 5.41 Å². The van der Waals surface area contributed by atoms with Gasteiger partial charge in [-0.15, -0.1) is 0 Å². The molecule has 2 aromatic rings. The molecular formula is C24H31N3O2. The van der Waals surface area contributed by atoms with Gasteiger partial charge in [0.25, 0.3) is 0 Å². The number of carbonyl (C=O) groups excluding carboxylic acids is 2. The first kappa shape index (κ1) is 20.9. The van der Waals surface area contributed by atoms with Crippen LogP contribution in [0.25, 0.3) is 0 Å². The molecule has 2 N–H and O–H groups in total. The molecule has 0 aliphatic carbocycles. The number of hydrogen-bond acceptors (Lipinski definition) is 2. The second-order valence-corrected chi connectivity index (χ2v) is 8.44. The molecule has 0 radical (unpaired) electrons. The fourth-order valence-electron chi connectivity index (χ4n) is 3.86. The standard InChI is InChI=1S/C24H31N3O2/c1-17-10-11-19(3)21(14-17)26-23(29)27-13-7-12-24(4,16-27)22(28)25-15-20-9-6-5-8-18(20)2/h5-6,8-11,14H,7,12-13,15-16H2,1-4H3,(H,25,28)(H,26,29)/t24-/m0/s1. The van der Waals surface area contributed by atoms with Crippen LogP contribution in [0.15, 0.2) is 42.5 Å². The molecule has 0 bridgehead atoms. The van der Waals surface area contributed by atoms with E-state index in [1.165, 1.54) is 0 Å². The lowest BCUT2D eigenvalue weighted by atomic mass is 9.81. The summed E-state index contributed by atoms with van der Waals surface area (Å²) >= 11 is 0. The van der Waals surface area contributed by atoms with Crippen molar-refractivity contribution in [1.29, 1.82) is 0 Å². The highest BCUT2D eigenvalue weighted by Crippen LogP contribution is 2.30. The number of benzene rings is 2. The van der Waals surface area contributed by atoms with Gasteiger partial charge in [0.1, 0.15) is 0 Å². The summed E-state index contributed by atoms with van der Waals surface area (Å²) in [5, 5.41) is 6.10. The Balaban J connectivity index is 1.63. The predicted octanol–water partition coefficient (Wildman–Crippen LogP) is 4.56. The minimum Gasteiger partial charge on any atom is -0.351 e. The van der Waals surface area contributed by atoms with Crippen LogP contribution in [0.5, 0.6) is 0 Å². The molecule has 0 saturated carbocycles. The first-order valence-corrected chi connectivity index (χ1v) is 10.2. The molecule has 1 saturated heterocycles. The normalized spacial score (nSPS) is 19.0. The molecule has 29 heavy (non-hydrogen) atoms. The molecule has 0 aromatic heterocycles. The lowest BCUT2D eigenvalue weighted by molar-refractivity contribution is -0.132. The number of nitrogens with one attached hydrogen (secondary N) is 2. The van der Waals surface area contributed by atoms with Gasteiger partial charge >= 0.3 is 6.03 Å². The third kappa shape index (κ3) is 4.97. The first-order valence-electron chi connectivity index (χ1n) is 10.2. The summed E-state index contributed by atoms with van der Waals surface area (Å²) in [7, 11) is 0. The number of amides is 3. The summed E-state index contributed by atoms with van der Waals surface area (Å²) in [6.45, 7) is 9.58. The summed E-state index contributed by atoms with van der Waals surface area (Å²) in [6, 6.07) is 13.9. The number of anilines is 1. The number of urea groups is 1. The topological polar surface area (TPSA) is 61.4 Å². The fourth-order valence-corrected chi connectivity index (χ4v) is 3.86. The molecule has 2 aromatic carbocycles. The van der Waals surface area contributed by atoms with Crippen LogP contribution in [-0.2, 0) is 11.3 Å². The Bertz CT molecular complexity index is 909. The summed E-state index contributed by atoms with van der Waals surface area (Å²) in [6.07, 6.45) is 1.59. The van der Waals surface area contributed by atoms with Gasteiger partial charge in [-0.2, -0.15) is 0 Å². The molecule has 3 amide bonds. The van der Waals surface area contributed by atoms with Gasteiger partial charge in [-0.05, 0) is 68.9 Å². The largest absolute Gasteiger partial charge is 0.351 e. The molecule has 0 spiro atoms. The average Bonchev–Trinajstić information content (AvgIpc) is 2.70. The minimum absolute atomic E-state index is 0.00462. The van der Waals surface area contributed by atoms with Crippen LogP contribution in [-0.4, -0.2) is 29.9 Å². The highest BCUT2D eigenvalue weighted by atomic mass is 16.2. The molecule has 1 aliphatic heterocycles. The maximum absolute atomic E-state index is 13.0. The Labute approximate surface area is 173 Å². The number of likely N-dealkylation sites (tertiary alicyclic amines) is 1. The van der Waals surface area contributed by atoms with Crippen molar-refractivity contribution in [1.82, 2.24) is 10.2 Å². The molecule has 154 valence electrons. The van der Waals surface area contributed by atoms with Crippen molar-refractivity contribution in [3.05, 3.63) is 64.7 Å². The van der Waals surface area contributed by atoms with E-state index in [-0.39, 0.29) is 11.9 Å². The zero-order valence-electron chi connectivity index (χ0n) is 17.8. The zero-order chi connectivity index (χ0) is 21.0. The molecule has 1 aliphatic rings. The van der Waals surface area contributed by atoms with Crippen molar-refractivity contribution in [3.8, 4) is 0 Å².